The number of nitrogens with two attached hydrogens (primary N) is 1. The Labute approximate surface area is 73.9 Å². The van der Waals surface area contributed by atoms with Crippen LogP contribution in [0.15, 0.2) is 0 Å². The zero-order valence-electron chi connectivity index (χ0n) is 7.36. The normalized spacial score (nSPS) is 14.6. The Morgan fingerprint density at radius 3 is 2.33 bits per heavy atom. The van der Waals surface area contributed by atoms with E-state index in [4.69, 9.17) is 10.3 Å². The first kappa shape index (κ1) is 11.9. The van der Waals surface area contributed by atoms with Gasteiger partial charge in [0.15, 0.2) is 0 Å². The predicted molar refractivity (Wildman–Crippen MR) is 48.5 cm³/mol. The highest BCUT2D eigenvalue weighted by atomic mass is 32.2. The van der Waals surface area contributed by atoms with Gasteiger partial charge in [0.05, 0.1) is 5.75 Å². The van der Waals surface area contributed by atoms with Crippen LogP contribution in [0.25, 0.3) is 0 Å². The van der Waals surface area contributed by atoms with Crippen LogP contribution in [0.5, 0.6) is 0 Å². The summed E-state index contributed by atoms with van der Waals surface area (Å²) in [5, 5.41) is 0. The molecule has 0 saturated carbocycles. The molecule has 0 aliphatic heterocycles. The molecule has 0 aromatic carbocycles. The van der Waals surface area contributed by atoms with E-state index in [1.807, 2.05) is 6.92 Å². The van der Waals surface area contributed by atoms with Crippen molar-refractivity contribution in [2.45, 2.75) is 38.6 Å². The molecule has 0 aliphatic carbocycles. The Kier molecular flexibility index (Phi) is 5.44. The zero-order chi connectivity index (χ0) is 9.61. The van der Waals surface area contributed by atoms with Crippen molar-refractivity contribution in [3.05, 3.63) is 0 Å². The Balaban J connectivity index is 3.23. The molecule has 0 aliphatic rings. The van der Waals surface area contributed by atoms with Crippen molar-refractivity contribution in [3.63, 3.8) is 0 Å². The van der Waals surface area contributed by atoms with Crippen molar-refractivity contribution in [2.24, 2.45) is 5.73 Å². The van der Waals surface area contributed by atoms with E-state index in [2.05, 4.69) is 0 Å². The Morgan fingerprint density at radius 2 is 1.92 bits per heavy atom. The van der Waals surface area contributed by atoms with E-state index in [0.717, 1.165) is 19.3 Å². The summed E-state index contributed by atoms with van der Waals surface area (Å²) in [6.07, 6.45) is 3.16. The Morgan fingerprint density at radius 1 is 1.33 bits per heavy atom. The van der Waals surface area contributed by atoms with E-state index in [-0.39, 0.29) is 11.8 Å². The first-order valence-electron chi connectivity index (χ1n) is 4.12. The smallest absolute Gasteiger partial charge is 0.264 e. The summed E-state index contributed by atoms with van der Waals surface area (Å²) in [6, 6.07) is 0.177. The van der Waals surface area contributed by atoms with Crippen molar-refractivity contribution in [3.8, 4) is 0 Å². The Hall–Kier alpha value is -0.130. The van der Waals surface area contributed by atoms with Crippen LogP contribution < -0.4 is 5.73 Å². The molecule has 4 nitrogen and oxygen atoms in total. The lowest BCUT2D eigenvalue weighted by Crippen LogP contribution is -2.14. The molecular formula is C7H17NO3S. The summed E-state index contributed by atoms with van der Waals surface area (Å²) in [4.78, 5) is 0. The number of hydrogen-bond donors (Lipinski definition) is 2. The van der Waals surface area contributed by atoms with Crippen molar-refractivity contribution < 1.29 is 13.0 Å². The second kappa shape index (κ2) is 5.50. The molecule has 1 atom stereocenters. The number of hydrogen-bond acceptors (Lipinski definition) is 3. The predicted octanol–water partition coefficient (Wildman–Crippen LogP) is 0.782. The van der Waals surface area contributed by atoms with Crippen LogP contribution in [0.1, 0.15) is 32.6 Å². The third kappa shape index (κ3) is 9.87. The summed E-state index contributed by atoms with van der Waals surface area (Å²) < 4.78 is 28.9. The second-order valence-electron chi connectivity index (χ2n) is 3.11. The number of unbranched alkanes of at least 4 members (excludes halogenated alkanes) is 2. The van der Waals surface area contributed by atoms with Gasteiger partial charge in [-0.1, -0.05) is 12.8 Å². The van der Waals surface area contributed by atoms with E-state index < -0.39 is 10.1 Å². The van der Waals surface area contributed by atoms with Gasteiger partial charge in [0.25, 0.3) is 10.1 Å². The van der Waals surface area contributed by atoms with E-state index in [1.165, 1.54) is 0 Å². The first-order valence-corrected chi connectivity index (χ1v) is 5.73. The molecule has 5 heteroatoms. The zero-order valence-corrected chi connectivity index (χ0v) is 8.18. The standard InChI is InChI=1S/C7H17NO3S/c1-7(8)5-3-2-4-6-12(9,10)11/h7H,2-6,8H2,1H3,(H,9,10,11). The summed E-state index contributed by atoms with van der Waals surface area (Å²) in [7, 11) is -3.76. The fraction of sp³-hybridized carbons (Fsp3) is 1.00. The molecule has 0 bridgehead atoms. The monoisotopic (exact) mass is 195 g/mol. The summed E-state index contributed by atoms with van der Waals surface area (Å²) in [5.74, 6) is -0.133. The molecule has 0 rings (SSSR count). The highest BCUT2D eigenvalue weighted by Gasteiger charge is 2.03. The van der Waals surface area contributed by atoms with Crippen LogP contribution in [-0.4, -0.2) is 24.8 Å². The lowest BCUT2D eigenvalue weighted by Gasteiger charge is -2.03. The van der Waals surface area contributed by atoms with Gasteiger partial charge in [-0.3, -0.25) is 4.55 Å². The molecule has 0 spiro atoms. The molecule has 0 aromatic rings. The van der Waals surface area contributed by atoms with Crippen LogP contribution in [0, 0.1) is 0 Å². The third-order valence-corrected chi connectivity index (χ3v) is 2.37. The van der Waals surface area contributed by atoms with Crippen LogP contribution in [-0.2, 0) is 10.1 Å². The highest BCUT2D eigenvalue weighted by Crippen LogP contribution is 2.03. The van der Waals surface area contributed by atoms with Gasteiger partial charge in [-0.05, 0) is 19.8 Å². The molecule has 12 heavy (non-hydrogen) atoms. The van der Waals surface area contributed by atoms with E-state index in [1.54, 1.807) is 0 Å². The fourth-order valence-electron chi connectivity index (χ4n) is 0.928. The van der Waals surface area contributed by atoms with Crippen LogP contribution in [0.3, 0.4) is 0 Å². The topological polar surface area (TPSA) is 80.4 Å². The quantitative estimate of drug-likeness (QED) is 0.485. The highest BCUT2D eigenvalue weighted by molar-refractivity contribution is 7.85. The van der Waals surface area contributed by atoms with Crippen LogP contribution >= 0.6 is 0 Å². The molecular weight excluding hydrogens is 178 g/mol. The van der Waals surface area contributed by atoms with Gasteiger partial charge in [-0.15, -0.1) is 0 Å². The largest absolute Gasteiger partial charge is 0.328 e. The van der Waals surface area contributed by atoms with Crippen molar-refractivity contribution in [1.82, 2.24) is 0 Å². The lowest BCUT2D eigenvalue weighted by molar-refractivity contribution is 0.478. The van der Waals surface area contributed by atoms with E-state index >= 15 is 0 Å². The SMILES string of the molecule is CC(N)CCCCCS(=O)(=O)O. The maximum atomic E-state index is 10.3. The summed E-state index contributed by atoms with van der Waals surface area (Å²) in [6.45, 7) is 1.92. The van der Waals surface area contributed by atoms with Gasteiger partial charge in [-0.2, -0.15) is 8.42 Å². The maximum absolute atomic E-state index is 10.3. The van der Waals surface area contributed by atoms with Crippen LogP contribution in [0.2, 0.25) is 0 Å². The average Bonchev–Trinajstić information content (AvgIpc) is 1.83. The maximum Gasteiger partial charge on any atom is 0.264 e. The van der Waals surface area contributed by atoms with Gasteiger partial charge in [0.2, 0.25) is 0 Å². The molecule has 3 N–H and O–H groups in total. The number of rotatable bonds is 6. The summed E-state index contributed by atoms with van der Waals surface area (Å²) >= 11 is 0. The first-order chi connectivity index (χ1) is 5.42. The van der Waals surface area contributed by atoms with Gasteiger partial charge in [0, 0.05) is 6.04 Å². The summed E-state index contributed by atoms with van der Waals surface area (Å²) in [5.41, 5.74) is 5.49. The minimum Gasteiger partial charge on any atom is -0.328 e. The van der Waals surface area contributed by atoms with Crippen molar-refractivity contribution in [1.29, 1.82) is 0 Å². The molecule has 1 unspecified atom stereocenters. The second-order valence-corrected chi connectivity index (χ2v) is 4.68. The minimum absolute atomic E-state index is 0.133. The molecule has 0 saturated heterocycles. The molecule has 0 radical (unpaired) electrons. The molecule has 0 aromatic heterocycles. The van der Waals surface area contributed by atoms with Crippen molar-refractivity contribution >= 4 is 10.1 Å². The molecule has 0 fully saturated rings. The molecule has 0 heterocycles. The van der Waals surface area contributed by atoms with E-state index in [9.17, 15) is 8.42 Å². The minimum atomic E-state index is -3.76. The van der Waals surface area contributed by atoms with Crippen molar-refractivity contribution in [2.75, 3.05) is 5.75 Å². The van der Waals surface area contributed by atoms with Gasteiger partial charge in [0.1, 0.15) is 0 Å². The van der Waals surface area contributed by atoms with Crippen LogP contribution in [0.4, 0.5) is 0 Å². The fourth-order valence-corrected chi connectivity index (χ4v) is 1.50. The van der Waals surface area contributed by atoms with Gasteiger partial charge >= 0.3 is 0 Å². The van der Waals surface area contributed by atoms with Gasteiger partial charge < -0.3 is 5.73 Å². The molecule has 0 amide bonds. The Bertz CT molecular complexity index is 199. The lowest BCUT2D eigenvalue weighted by atomic mass is 10.1. The molecule has 74 valence electrons. The third-order valence-electron chi connectivity index (χ3n) is 1.56. The van der Waals surface area contributed by atoms with Gasteiger partial charge in [-0.25, -0.2) is 0 Å². The van der Waals surface area contributed by atoms with E-state index in [0.29, 0.717) is 6.42 Å². The average molecular weight is 195 g/mol.